The van der Waals surface area contributed by atoms with Crippen molar-refractivity contribution in [1.82, 2.24) is 10.5 Å². The Morgan fingerprint density at radius 3 is 2.50 bits per heavy atom. The van der Waals surface area contributed by atoms with E-state index in [4.69, 9.17) is 13.7 Å². The highest BCUT2D eigenvalue weighted by atomic mass is 16.5. The third kappa shape index (κ3) is 5.45. The number of furan rings is 1. The Balaban J connectivity index is 1.25. The predicted octanol–water partition coefficient (Wildman–Crippen LogP) is 7.37. The van der Waals surface area contributed by atoms with Crippen molar-refractivity contribution < 1.29 is 18.5 Å². The van der Waals surface area contributed by atoms with Crippen LogP contribution in [-0.2, 0) is 16.0 Å². The van der Waals surface area contributed by atoms with E-state index in [2.05, 4.69) is 54.7 Å². The molecule has 0 saturated heterocycles. The van der Waals surface area contributed by atoms with Crippen LogP contribution in [0.1, 0.15) is 75.6 Å². The van der Waals surface area contributed by atoms with Crippen LogP contribution in [0.2, 0.25) is 0 Å². The minimum absolute atomic E-state index is 0.0393. The fourth-order valence-corrected chi connectivity index (χ4v) is 5.42. The van der Waals surface area contributed by atoms with Crippen LogP contribution < -0.4 is 5.32 Å². The maximum Gasteiger partial charge on any atom is 0.225 e. The number of carbonyl (C=O) groups is 1. The first kappa shape index (κ1) is 26.1. The van der Waals surface area contributed by atoms with Gasteiger partial charge in [-0.2, -0.15) is 0 Å². The fraction of sp³-hybridized carbons (Fsp3) is 0.294. The fourth-order valence-electron chi connectivity index (χ4n) is 5.42. The molecule has 6 rings (SSSR count). The van der Waals surface area contributed by atoms with E-state index >= 15 is 0 Å². The average molecular weight is 535 g/mol. The Labute approximate surface area is 234 Å². The molecule has 1 amide bonds. The van der Waals surface area contributed by atoms with Crippen molar-refractivity contribution in [3.63, 3.8) is 0 Å². The van der Waals surface area contributed by atoms with E-state index < -0.39 is 0 Å². The molecule has 0 aliphatic heterocycles. The van der Waals surface area contributed by atoms with Gasteiger partial charge in [0, 0.05) is 5.39 Å². The lowest BCUT2D eigenvalue weighted by Gasteiger charge is -2.22. The summed E-state index contributed by atoms with van der Waals surface area (Å²) in [7, 11) is 0. The molecule has 0 spiro atoms. The number of rotatable bonds is 9. The van der Waals surface area contributed by atoms with Gasteiger partial charge in [0.05, 0.1) is 29.8 Å². The highest BCUT2D eigenvalue weighted by Gasteiger charge is 2.33. The van der Waals surface area contributed by atoms with Crippen LogP contribution in [0.5, 0.6) is 0 Å². The lowest BCUT2D eigenvalue weighted by atomic mass is 9.93. The van der Waals surface area contributed by atoms with Crippen LogP contribution in [0.25, 0.3) is 11.0 Å². The highest BCUT2D eigenvalue weighted by Crippen LogP contribution is 2.39. The molecular weight excluding hydrogens is 500 g/mol. The number of carbonyl (C=O) groups excluding carboxylic acids is 1. The van der Waals surface area contributed by atoms with Gasteiger partial charge in [-0.25, -0.2) is 0 Å². The van der Waals surface area contributed by atoms with E-state index in [1.807, 2.05) is 56.3 Å². The molecule has 0 radical (unpaired) electrons. The Morgan fingerprint density at radius 2 is 1.80 bits per heavy atom. The molecule has 2 unspecified atom stereocenters. The SMILES string of the molecule is Cc1ccc(C(NC(=O)Cc2ccc3oc(C(OC4CC4)c4c(C)noc4C)cc3c2)c2ccccc2)c(C)c1. The zero-order valence-electron chi connectivity index (χ0n) is 23.4. The monoisotopic (exact) mass is 534 g/mol. The van der Waals surface area contributed by atoms with Crippen molar-refractivity contribution in [3.05, 3.63) is 123 Å². The molecule has 1 saturated carbocycles. The topological polar surface area (TPSA) is 77.5 Å². The number of nitrogens with one attached hydrogen (secondary N) is 1. The van der Waals surface area contributed by atoms with Crippen molar-refractivity contribution in [2.45, 2.75) is 65.2 Å². The maximum absolute atomic E-state index is 13.4. The number of hydrogen-bond acceptors (Lipinski definition) is 5. The van der Waals surface area contributed by atoms with Gasteiger partial charge in [-0.3, -0.25) is 4.79 Å². The Kier molecular flexibility index (Phi) is 7.03. The van der Waals surface area contributed by atoms with Crippen molar-refractivity contribution in [3.8, 4) is 0 Å². The summed E-state index contributed by atoms with van der Waals surface area (Å²) in [6.07, 6.45) is 2.20. The number of aryl methyl sites for hydroxylation is 4. The summed E-state index contributed by atoms with van der Waals surface area (Å²) in [5.74, 6) is 1.41. The zero-order valence-corrected chi connectivity index (χ0v) is 23.4. The van der Waals surface area contributed by atoms with E-state index in [1.165, 1.54) is 5.56 Å². The van der Waals surface area contributed by atoms with Gasteiger partial charge in [-0.05, 0) is 81.0 Å². The first-order valence-electron chi connectivity index (χ1n) is 13.9. The quantitative estimate of drug-likeness (QED) is 0.214. The second-order valence-corrected chi connectivity index (χ2v) is 10.9. The molecule has 1 aliphatic carbocycles. The first-order valence-corrected chi connectivity index (χ1v) is 13.9. The van der Waals surface area contributed by atoms with Gasteiger partial charge < -0.3 is 19.0 Å². The molecule has 5 aromatic rings. The second kappa shape index (κ2) is 10.8. The van der Waals surface area contributed by atoms with Gasteiger partial charge in [0.2, 0.25) is 5.91 Å². The van der Waals surface area contributed by atoms with E-state index in [1.54, 1.807) is 0 Å². The lowest BCUT2D eigenvalue weighted by Crippen LogP contribution is -2.31. The van der Waals surface area contributed by atoms with Crippen molar-refractivity contribution >= 4 is 16.9 Å². The van der Waals surface area contributed by atoms with Crippen molar-refractivity contribution in [1.29, 1.82) is 0 Å². The summed E-state index contributed by atoms with van der Waals surface area (Å²) in [4.78, 5) is 13.4. The summed E-state index contributed by atoms with van der Waals surface area (Å²) in [6, 6.07) is 24.2. The van der Waals surface area contributed by atoms with Crippen LogP contribution in [0.4, 0.5) is 0 Å². The molecule has 3 aromatic carbocycles. The molecule has 1 N–H and O–H groups in total. The molecule has 1 fully saturated rings. The Morgan fingerprint density at radius 1 is 1.00 bits per heavy atom. The summed E-state index contributed by atoms with van der Waals surface area (Å²) in [5.41, 5.74) is 7.91. The smallest absolute Gasteiger partial charge is 0.225 e. The summed E-state index contributed by atoms with van der Waals surface area (Å²) >= 11 is 0. The minimum Gasteiger partial charge on any atom is -0.458 e. The summed E-state index contributed by atoms with van der Waals surface area (Å²) in [6.45, 7) is 8.00. The van der Waals surface area contributed by atoms with Crippen LogP contribution in [-0.4, -0.2) is 17.2 Å². The van der Waals surface area contributed by atoms with Crippen LogP contribution in [0.15, 0.2) is 81.7 Å². The van der Waals surface area contributed by atoms with E-state index in [-0.39, 0.29) is 30.6 Å². The number of hydrogen-bond donors (Lipinski definition) is 1. The van der Waals surface area contributed by atoms with Crippen LogP contribution >= 0.6 is 0 Å². The van der Waals surface area contributed by atoms with Crippen molar-refractivity contribution in [2.24, 2.45) is 0 Å². The standard InChI is InChI=1S/C34H34N2O4/c1-20-10-14-28(21(2)16-20)33(25-8-6-5-7-9-25)35-31(37)18-24-11-15-29-26(17-24)19-30(39-29)34(38-27-12-13-27)32-22(3)36-40-23(32)4/h5-11,14-17,19,27,33-34H,12-13,18H2,1-4H3,(H,35,37). The molecule has 40 heavy (non-hydrogen) atoms. The van der Waals surface area contributed by atoms with Crippen LogP contribution in [0, 0.1) is 27.7 Å². The van der Waals surface area contributed by atoms with Gasteiger partial charge in [-0.1, -0.05) is 65.3 Å². The van der Waals surface area contributed by atoms with E-state index in [0.29, 0.717) is 0 Å². The van der Waals surface area contributed by atoms with Crippen molar-refractivity contribution in [2.75, 3.05) is 0 Å². The maximum atomic E-state index is 13.4. The van der Waals surface area contributed by atoms with Gasteiger partial charge >= 0.3 is 0 Å². The average Bonchev–Trinajstić information content (AvgIpc) is 3.56. The predicted molar refractivity (Wildman–Crippen MR) is 154 cm³/mol. The second-order valence-electron chi connectivity index (χ2n) is 10.9. The Hall–Kier alpha value is -4.16. The molecule has 2 atom stereocenters. The molecule has 204 valence electrons. The number of fused-ring (bicyclic) bond motifs is 1. The number of nitrogens with zero attached hydrogens (tertiary/aromatic N) is 1. The Bertz CT molecular complexity index is 1640. The molecule has 2 aromatic heterocycles. The first-order chi connectivity index (χ1) is 19.4. The molecule has 6 heteroatoms. The number of amides is 1. The third-order valence-corrected chi connectivity index (χ3v) is 7.60. The van der Waals surface area contributed by atoms with Gasteiger partial charge in [0.1, 0.15) is 23.2 Å². The molecule has 0 bridgehead atoms. The van der Waals surface area contributed by atoms with Gasteiger partial charge in [-0.15, -0.1) is 0 Å². The number of ether oxygens (including phenoxy) is 1. The zero-order chi connectivity index (χ0) is 27.8. The molecule has 2 heterocycles. The number of aromatic nitrogens is 1. The normalized spacial score (nSPS) is 14.8. The largest absolute Gasteiger partial charge is 0.458 e. The minimum atomic E-state index is -0.373. The highest BCUT2D eigenvalue weighted by molar-refractivity contribution is 5.83. The third-order valence-electron chi connectivity index (χ3n) is 7.60. The van der Waals surface area contributed by atoms with Gasteiger partial charge in [0.25, 0.3) is 0 Å². The summed E-state index contributed by atoms with van der Waals surface area (Å²) in [5, 5.41) is 8.35. The van der Waals surface area contributed by atoms with Gasteiger partial charge in [0.15, 0.2) is 0 Å². The summed E-state index contributed by atoms with van der Waals surface area (Å²) < 4.78 is 18.1. The molecule has 6 nitrogen and oxygen atoms in total. The molecular formula is C34H34N2O4. The number of benzene rings is 3. The van der Waals surface area contributed by atoms with Crippen LogP contribution in [0.3, 0.4) is 0 Å². The van der Waals surface area contributed by atoms with E-state index in [9.17, 15) is 4.79 Å². The lowest BCUT2D eigenvalue weighted by molar-refractivity contribution is -0.120. The van der Waals surface area contributed by atoms with E-state index in [0.717, 1.165) is 68.8 Å². The molecule has 1 aliphatic rings.